The van der Waals surface area contributed by atoms with Crippen molar-refractivity contribution in [1.29, 1.82) is 0 Å². The molecule has 0 aromatic heterocycles. The van der Waals surface area contributed by atoms with Gasteiger partial charge in [-0.25, -0.2) is 0 Å². The van der Waals surface area contributed by atoms with Gasteiger partial charge in [-0.05, 0) is 30.3 Å². The van der Waals surface area contributed by atoms with Gasteiger partial charge in [-0.15, -0.1) is 0 Å². The summed E-state index contributed by atoms with van der Waals surface area (Å²) < 4.78 is 5.35. The van der Waals surface area contributed by atoms with E-state index in [1.165, 1.54) is 12.1 Å². The third kappa shape index (κ3) is 4.46. The molecule has 2 N–H and O–H groups in total. The van der Waals surface area contributed by atoms with E-state index in [4.69, 9.17) is 27.9 Å². The van der Waals surface area contributed by atoms with Crippen LogP contribution in [0.4, 0.5) is 17.1 Å². The number of benzene rings is 2. The highest BCUT2D eigenvalue weighted by molar-refractivity contribution is 6.45. The van der Waals surface area contributed by atoms with Gasteiger partial charge in [0.15, 0.2) is 0 Å². The Morgan fingerprint density at radius 3 is 2.27 bits per heavy atom. The lowest BCUT2D eigenvalue weighted by atomic mass is 10.2. The standard InChI is InChI=1S/C18H17Cl2N3O3/c19-12-5-6-14(13(20)11-12)21-17(24)18(25)22-15-3-1-2-4-16(15)23-7-9-26-10-8-23/h1-6,11H,7-10H2,(H,21,24)(H,22,25). The molecule has 2 aromatic carbocycles. The van der Waals surface area contributed by atoms with Crippen molar-refractivity contribution in [2.24, 2.45) is 0 Å². The van der Waals surface area contributed by atoms with Crippen LogP contribution in [0.2, 0.25) is 10.0 Å². The first kappa shape index (κ1) is 18.5. The number of morpholine rings is 1. The molecule has 0 atom stereocenters. The number of nitrogens with zero attached hydrogens (tertiary/aromatic N) is 1. The van der Waals surface area contributed by atoms with E-state index >= 15 is 0 Å². The molecular weight excluding hydrogens is 377 g/mol. The zero-order chi connectivity index (χ0) is 18.5. The van der Waals surface area contributed by atoms with Crippen molar-refractivity contribution in [3.63, 3.8) is 0 Å². The Morgan fingerprint density at radius 1 is 0.923 bits per heavy atom. The van der Waals surface area contributed by atoms with Gasteiger partial charge < -0.3 is 20.3 Å². The molecule has 8 heteroatoms. The molecule has 1 saturated heterocycles. The van der Waals surface area contributed by atoms with Crippen molar-refractivity contribution < 1.29 is 14.3 Å². The lowest BCUT2D eigenvalue weighted by molar-refractivity contribution is -0.132. The lowest BCUT2D eigenvalue weighted by Gasteiger charge is -2.30. The maximum absolute atomic E-state index is 12.3. The number of amides is 2. The number of rotatable bonds is 3. The topological polar surface area (TPSA) is 70.7 Å². The average molecular weight is 394 g/mol. The Balaban J connectivity index is 1.70. The van der Waals surface area contributed by atoms with Crippen LogP contribution < -0.4 is 15.5 Å². The molecule has 0 unspecified atom stereocenters. The summed E-state index contributed by atoms with van der Waals surface area (Å²) in [6, 6.07) is 11.9. The quantitative estimate of drug-likeness (QED) is 0.783. The van der Waals surface area contributed by atoms with Gasteiger partial charge in [0.2, 0.25) is 0 Å². The SMILES string of the molecule is O=C(Nc1ccc(Cl)cc1Cl)C(=O)Nc1ccccc1N1CCOCC1. The number of hydrogen-bond acceptors (Lipinski definition) is 4. The molecule has 0 radical (unpaired) electrons. The third-order valence-electron chi connectivity index (χ3n) is 3.89. The van der Waals surface area contributed by atoms with Gasteiger partial charge >= 0.3 is 11.8 Å². The van der Waals surface area contributed by atoms with Crippen LogP contribution in [0.1, 0.15) is 0 Å². The van der Waals surface area contributed by atoms with E-state index in [1.807, 2.05) is 12.1 Å². The first-order chi connectivity index (χ1) is 12.5. The fourth-order valence-electron chi connectivity index (χ4n) is 2.61. The molecule has 1 heterocycles. The van der Waals surface area contributed by atoms with E-state index in [1.54, 1.807) is 18.2 Å². The zero-order valence-corrected chi connectivity index (χ0v) is 15.3. The van der Waals surface area contributed by atoms with Gasteiger partial charge in [-0.2, -0.15) is 0 Å². The Morgan fingerprint density at radius 2 is 1.58 bits per heavy atom. The fourth-order valence-corrected chi connectivity index (χ4v) is 3.06. The van der Waals surface area contributed by atoms with Crippen LogP contribution in [-0.2, 0) is 14.3 Å². The highest BCUT2D eigenvalue weighted by Crippen LogP contribution is 2.27. The molecule has 1 aliphatic rings. The van der Waals surface area contributed by atoms with Gasteiger partial charge in [-0.1, -0.05) is 35.3 Å². The van der Waals surface area contributed by atoms with Crippen LogP contribution in [0.3, 0.4) is 0 Å². The normalized spacial score (nSPS) is 14.0. The molecule has 0 bridgehead atoms. The smallest absolute Gasteiger partial charge is 0.314 e. The average Bonchev–Trinajstić information content (AvgIpc) is 2.65. The number of carbonyl (C=O) groups is 2. The maximum atomic E-state index is 12.3. The highest BCUT2D eigenvalue weighted by atomic mass is 35.5. The summed E-state index contributed by atoms with van der Waals surface area (Å²) in [6.07, 6.45) is 0. The summed E-state index contributed by atoms with van der Waals surface area (Å²) in [4.78, 5) is 26.6. The van der Waals surface area contributed by atoms with Crippen LogP contribution in [-0.4, -0.2) is 38.1 Å². The molecule has 2 aromatic rings. The third-order valence-corrected chi connectivity index (χ3v) is 4.44. The Kier molecular flexibility index (Phi) is 5.98. The number of nitrogens with one attached hydrogen (secondary N) is 2. The summed E-state index contributed by atoms with van der Waals surface area (Å²) in [5.74, 6) is -1.59. The van der Waals surface area contributed by atoms with E-state index in [0.717, 1.165) is 18.8 Å². The van der Waals surface area contributed by atoms with Crippen molar-refractivity contribution in [3.05, 3.63) is 52.5 Å². The van der Waals surface area contributed by atoms with Gasteiger partial charge in [0.1, 0.15) is 0 Å². The molecule has 136 valence electrons. The van der Waals surface area contributed by atoms with Crippen molar-refractivity contribution in [3.8, 4) is 0 Å². The number of carbonyl (C=O) groups excluding carboxylic acids is 2. The molecule has 0 spiro atoms. The van der Waals surface area contributed by atoms with Crippen molar-refractivity contribution in [2.75, 3.05) is 41.8 Å². The second-order valence-electron chi connectivity index (χ2n) is 5.65. The summed E-state index contributed by atoms with van der Waals surface area (Å²) in [5, 5.41) is 5.84. The number of para-hydroxylation sites is 2. The van der Waals surface area contributed by atoms with Crippen LogP contribution >= 0.6 is 23.2 Å². The second-order valence-corrected chi connectivity index (χ2v) is 6.49. The first-order valence-corrected chi connectivity index (χ1v) is 8.79. The van der Waals surface area contributed by atoms with E-state index in [-0.39, 0.29) is 5.02 Å². The van der Waals surface area contributed by atoms with Crippen molar-refractivity contribution >= 4 is 52.1 Å². The molecule has 2 amide bonds. The number of ether oxygens (including phenoxy) is 1. The Bertz CT molecular complexity index is 823. The molecule has 0 aliphatic carbocycles. The van der Waals surface area contributed by atoms with E-state index < -0.39 is 11.8 Å². The largest absolute Gasteiger partial charge is 0.378 e. The van der Waals surface area contributed by atoms with Gasteiger partial charge in [0.25, 0.3) is 0 Å². The Hall–Kier alpha value is -2.28. The van der Waals surface area contributed by atoms with Crippen molar-refractivity contribution in [2.45, 2.75) is 0 Å². The molecule has 1 aliphatic heterocycles. The Labute approximate surface area is 161 Å². The predicted molar refractivity (Wildman–Crippen MR) is 103 cm³/mol. The minimum atomic E-state index is -0.814. The predicted octanol–water partition coefficient (Wildman–Crippen LogP) is 3.41. The van der Waals surface area contributed by atoms with Gasteiger partial charge in [-0.3, -0.25) is 9.59 Å². The van der Waals surface area contributed by atoms with E-state index in [0.29, 0.717) is 29.6 Å². The van der Waals surface area contributed by atoms with Crippen LogP contribution in [0.25, 0.3) is 0 Å². The van der Waals surface area contributed by atoms with E-state index in [2.05, 4.69) is 15.5 Å². The number of hydrogen-bond donors (Lipinski definition) is 2. The van der Waals surface area contributed by atoms with Crippen molar-refractivity contribution in [1.82, 2.24) is 0 Å². The molecular formula is C18H17Cl2N3O3. The summed E-state index contributed by atoms with van der Waals surface area (Å²) in [7, 11) is 0. The lowest BCUT2D eigenvalue weighted by Crippen LogP contribution is -2.37. The van der Waals surface area contributed by atoms with E-state index in [9.17, 15) is 9.59 Å². The number of halogens is 2. The molecule has 0 saturated carbocycles. The summed E-state index contributed by atoms with van der Waals surface area (Å²) >= 11 is 11.8. The highest BCUT2D eigenvalue weighted by Gasteiger charge is 2.19. The molecule has 6 nitrogen and oxygen atoms in total. The fraction of sp³-hybridized carbons (Fsp3) is 0.222. The first-order valence-electron chi connectivity index (χ1n) is 8.04. The van der Waals surface area contributed by atoms with Crippen LogP contribution in [0.15, 0.2) is 42.5 Å². The monoisotopic (exact) mass is 393 g/mol. The maximum Gasteiger partial charge on any atom is 0.314 e. The zero-order valence-electron chi connectivity index (χ0n) is 13.8. The molecule has 3 rings (SSSR count). The van der Waals surface area contributed by atoms with Crippen LogP contribution in [0, 0.1) is 0 Å². The van der Waals surface area contributed by atoms with Gasteiger partial charge in [0.05, 0.1) is 35.3 Å². The molecule has 1 fully saturated rings. The van der Waals surface area contributed by atoms with Crippen LogP contribution in [0.5, 0.6) is 0 Å². The van der Waals surface area contributed by atoms with Gasteiger partial charge in [0, 0.05) is 18.1 Å². The second kappa shape index (κ2) is 8.40. The minimum Gasteiger partial charge on any atom is -0.378 e. The summed E-state index contributed by atoms with van der Waals surface area (Å²) in [6.45, 7) is 2.69. The molecule has 26 heavy (non-hydrogen) atoms. The summed E-state index contributed by atoms with van der Waals surface area (Å²) in [5.41, 5.74) is 1.73. The number of anilines is 3. The minimum absolute atomic E-state index is 0.257.